The highest BCUT2D eigenvalue weighted by atomic mass is 32.1. The molecule has 0 bridgehead atoms. The molecule has 0 atom stereocenters. The van der Waals surface area contributed by atoms with Gasteiger partial charge in [-0.2, -0.15) is 0 Å². The number of aryl methyl sites for hydroxylation is 1. The average molecular weight is 250 g/mol. The van der Waals surface area contributed by atoms with E-state index in [-0.39, 0.29) is 0 Å². The fourth-order valence-corrected chi connectivity index (χ4v) is 2.33. The smallest absolute Gasteiger partial charge is 0.223 e. The Morgan fingerprint density at radius 1 is 1.41 bits per heavy atom. The SMILES string of the molecule is COc1ncccc1-c1nnc(CCCN)s1. The van der Waals surface area contributed by atoms with Crippen LogP contribution in [0.15, 0.2) is 18.3 Å². The van der Waals surface area contributed by atoms with E-state index in [1.54, 1.807) is 24.6 Å². The van der Waals surface area contributed by atoms with Crippen LogP contribution in [0.2, 0.25) is 0 Å². The Kier molecular flexibility index (Phi) is 4.00. The Bertz CT molecular complexity index is 486. The van der Waals surface area contributed by atoms with Crippen LogP contribution in [-0.2, 0) is 6.42 Å². The second-order valence-electron chi connectivity index (χ2n) is 3.45. The summed E-state index contributed by atoms with van der Waals surface area (Å²) < 4.78 is 5.20. The molecule has 0 radical (unpaired) electrons. The molecule has 0 aliphatic rings. The molecule has 0 aliphatic carbocycles. The van der Waals surface area contributed by atoms with Crippen molar-refractivity contribution in [1.82, 2.24) is 15.2 Å². The van der Waals surface area contributed by atoms with Crippen molar-refractivity contribution in [3.8, 4) is 16.5 Å². The Morgan fingerprint density at radius 3 is 3.06 bits per heavy atom. The molecule has 2 aromatic heterocycles. The standard InChI is InChI=1S/C11H14N4OS/c1-16-10-8(4-3-7-13-10)11-15-14-9(17-11)5-2-6-12/h3-4,7H,2,5-6,12H2,1H3. The van der Waals surface area contributed by atoms with Gasteiger partial charge >= 0.3 is 0 Å². The van der Waals surface area contributed by atoms with E-state index in [1.807, 2.05) is 12.1 Å². The number of nitrogens with two attached hydrogens (primary N) is 1. The summed E-state index contributed by atoms with van der Waals surface area (Å²) in [5.41, 5.74) is 6.35. The van der Waals surface area contributed by atoms with Crippen molar-refractivity contribution in [2.75, 3.05) is 13.7 Å². The van der Waals surface area contributed by atoms with E-state index in [0.717, 1.165) is 28.4 Å². The van der Waals surface area contributed by atoms with Crippen LogP contribution in [0.3, 0.4) is 0 Å². The van der Waals surface area contributed by atoms with Crippen molar-refractivity contribution in [3.05, 3.63) is 23.3 Å². The third kappa shape index (κ3) is 2.78. The van der Waals surface area contributed by atoms with E-state index in [0.29, 0.717) is 12.4 Å². The molecular weight excluding hydrogens is 236 g/mol. The predicted octanol–water partition coefficient (Wildman–Crippen LogP) is 1.50. The molecule has 2 heterocycles. The van der Waals surface area contributed by atoms with Crippen LogP contribution in [0, 0.1) is 0 Å². The van der Waals surface area contributed by atoms with Gasteiger partial charge in [0.05, 0.1) is 12.7 Å². The molecule has 6 heteroatoms. The molecule has 2 aromatic rings. The molecule has 0 unspecified atom stereocenters. The maximum atomic E-state index is 5.47. The molecule has 0 aliphatic heterocycles. The highest BCUT2D eigenvalue weighted by Crippen LogP contribution is 2.30. The molecule has 0 saturated heterocycles. The Balaban J connectivity index is 2.24. The van der Waals surface area contributed by atoms with Gasteiger partial charge in [-0.1, -0.05) is 11.3 Å². The maximum Gasteiger partial charge on any atom is 0.223 e. The molecular formula is C11H14N4OS. The van der Waals surface area contributed by atoms with Gasteiger partial charge in [0.2, 0.25) is 5.88 Å². The van der Waals surface area contributed by atoms with E-state index < -0.39 is 0 Å². The molecule has 17 heavy (non-hydrogen) atoms. The summed E-state index contributed by atoms with van der Waals surface area (Å²) in [6, 6.07) is 3.79. The molecule has 5 nitrogen and oxygen atoms in total. The van der Waals surface area contributed by atoms with E-state index >= 15 is 0 Å². The average Bonchev–Trinajstić information content (AvgIpc) is 2.85. The number of aromatic nitrogens is 3. The van der Waals surface area contributed by atoms with Crippen molar-refractivity contribution in [3.63, 3.8) is 0 Å². The lowest BCUT2D eigenvalue weighted by molar-refractivity contribution is 0.399. The molecule has 90 valence electrons. The van der Waals surface area contributed by atoms with Gasteiger partial charge in [0.25, 0.3) is 0 Å². The fraction of sp³-hybridized carbons (Fsp3) is 0.364. The summed E-state index contributed by atoms with van der Waals surface area (Å²) in [7, 11) is 1.60. The zero-order valence-electron chi connectivity index (χ0n) is 9.59. The molecule has 0 spiro atoms. The van der Waals surface area contributed by atoms with Gasteiger partial charge < -0.3 is 10.5 Å². The van der Waals surface area contributed by atoms with Crippen LogP contribution in [0.1, 0.15) is 11.4 Å². The topological polar surface area (TPSA) is 73.9 Å². The van der Waals surface area contributed by atoms with E-state index in [4.69, 9.17) is 10.5 Å². The van der Waals surface area contributed by atoms with Gasteiger partial charge in [0.15, 0.2) is 5.01 Å². The summed E-state index contributed by atoms with van der Waals surface area (Å²) in [5.74, 6) is 0.578. The lowest BCUT2D eigenvalue weighted by Gasteiger charge is -2.02. The zero-order chi connectivity index (χ0) is 12.1. The highest BCUT2D eigenvalue weighted by molar-refractivity contribution is 7.14. The number of hydrogen-bond acceptors (Lipinski definition) is 6. The lowest BCUT2D eigenvalue weighted by Crippen LogP contribution is -1.99. The number of methoxy groups -OCH3 is 1. The van der Waals surface area contributed by atoms with E-state index in [2.05, 4.69) is 15.2 Å². The minimum absolute atomic E-state index is 0.578. The largest absolute Gasteiger partial charge is 0.480 e. The molecule has 0 amide bonds. The third-order valence-electron chi connectivity index (χ3n) is 2.26. The van der Waals surface area contributed by atoms with Gasteiger partial charge in [-0.25, -0.2) is 4.98 Å². The monoisotopic (exact) mass is 250 g/mol. The first-order valence-corrected chi connectivity index (χ1v) is 6.18. The van der Waals surface area contributed by atoms with Crippen LogP contribution in [0.4, 0.5) is 0 Å². The van der Waals surface area contributed by atoms with Gasteiger partial charge in [0.1, 0.15) is 5.01 Å². The number of rotatable bonds is 5. The van der Waals surface area contributed by atoms with Crippen LogP contribution in [0.25, 0.3) is 10.6 Å². The van der Waals surface area contributed by atoms with E-state index in [1.165, 1.54) is 0 Å². The van der Waals surface area contributed by atoms with Gasteiger partial charge in [-0.05, 0) is 25.1 Å². The normalized spacial score (nSPS) is 10.5. The molecule has 0 fully saturated rings. The molecule has 2 N–H and O–H groups in total. The lowest BCUT2D eigenvalue weighted by atomic mass is 10.3. The van der Waals surface area contributed by atoms with Crippen molar-refractivity contribution in [2.24, 2.45) is 5.73 Å². The van der Waals surface area contributed by atoms with Crippen molar-refractivity contribution < 1.29 is 4.74 Å². The first-order valence-electron chi connectivity index (χ1n) is 5.37. The van der Waals surface area contributed by atoms with Gasteiger partial charge in [-0.15, -0.1) is 10.2 Å². The van der Waals surface area contributed by atoms with E-state index in [9.17, 15) is 0 Å². The molecule has 2 rings (SSSR count). The summed E-state index contributed by atoms with van der Waals surface area (Å²) in [5, 5.41) is 10.1. The minimum atomic E-state index is 0.578. The Labute approximate surface area is 104 Å². The number of hydrogen-bond donors (Lipinski definition) is 1. The number of nitrogens with zero attached hydrogens (tertiary/aromatic N) is 3. The first-order chi connectivity index (χ1) is 8.35. The molecule has 0 saturated carbocycles. The third-order valence-corrected chi connectivity index (χ3v) is 3.27. The molecule has 0 aromatic carbocycles. The first kappa shape index (κ1) is 11.9. The summed E-state index contributed by atoms with van der Waals surface area (Å²) in [4.78, 5) is 4.14. The summed E-state index contributed by atoms with van der Waals surface area (Å²) in [6.07, 6.45) is 3.49. The Morgan fingerprint density at radius 2 is 2.29 bits per heavy atom. The number of pyridine rings is 1. The maximum absolute atomic E-state index is 5.47. The predicted molar refractivity (Wildman–Crippen MR) is 67.1 cm³/mol. The zero-order valence-corrected chi connectivity index (χ0v) is 10.4. The van der Waals surface area contributed by atoms with Gasteiger partial charge in [-0.3, -0.25) is 0 Å². The summed E-state index contributed by atoms with van der Waals surface area (Å²) >= 11 is 1.56. The second-order valence-corrected chi connectivity index (χ2v) is 4.52. The highest BCUT2D eigenvalue weighted by Gasteiger charge is 2.11. The second kappa shape index (κ2) is 5.70. The quantitative estimate of drug-likeness (QED) is 0.870. The van der Waals surface area contributed by atoms with Crippen molar-refractivity contribution >= 4 is 11.3 Å². The van der Waals surface area contributed by atoms with Crippen molar-refractivity contribution in [2.45, 2.75) is 12.8 Å². The van der Waals surface area contributed by atoms with Crippen LogP contribution < -0.4 is 10.5 Å². The van der Waals surface area contributed by atoms with Crippen molar-refractivity contribution in [1.29, 1.82) is 0 Å². The summed E-state index contributed by atoms with van der Waals surface area (Å²) in [6.45, 7) is 0.672. The number of ether oxygens (including phenoxy) is 1. The Hall–Kier alpha value is -1.53. The fourth-order valence-electron chi connectivity index (χ4n) is 1.43. The van der Waals surface area contributed by atoms with Crippen LogP contribution >= 0.6 is 11.3 Å². The van der Waals surface area contributed by atoms with Gasteiger partial charge in [0, 0.05) is 12.6 Å². The van der Waals surface area contributed by atoms with Crippen LogP contribution in [0.5, 0.6) is 5.88 Å². The van der Waals surface area contributed by atoms with Crippen LogP contribution in [-0.4, -0.2) is 28.8 Å². The minimum Gasteiger partial charge on any atom is -0.480 e.